The molecule has 0 unspecified atom stereocenters. The number of anilines is 4. The molecule has 0 N–H and O–H groups in total. The van der Waals surface area contributed by atoms with Crippen LogP contribution in [0.3, 0.4) is 0 Å². The van der Waals surface area contributed by atoms with E-state index in [1.807, 2.05) is 6.20 Å². The van der Waals surface area contributed by atoms with Crippen LogP contribution in [0.25, 0.3) is 55.0 Å². The van der Waals surface area contributed by atoms with Gasteiger partial charge in [0.25, 0.3) is 0 Å². The predicted molar refractivity (Wildman–Crippen MR) is 382 cm³/mol. The van der Waals surface area contributed by atoms with Crippen molar-refractivity contribution in [1.82, 2.24) is 38.4 Å². The lowest BCUT2D eigenvalue weighted by Gasteiger charge is -2.44. The van der Waals surface area contributed by atoms with Gasteiger partial charge in [-0.25, -0.2) is 29.9 Å². The highest BCUT2D eigenvalue weighted by Gasteiger charge is 2.52. The Morgan fingerprint density at radius 2 is 0.920 bits per heavy atom. The van der Waals surface area contributed by atoms with Crippen molar-refractivity contribution < 1.29 is 9.31 Å². The molecule has 1 saturated heterocycles. The van der Waals surface area contributed by atoms with E-state index in [4.69, 9.17) is 24.3 Å². The Labute approximate surface area is 538 Å². The molecular weight excluding hydrogens is 1230 g/mol. The first-order chi connectivity index (χ1) is 42.0. The van der Waals surface area contributed by atoms with Gasteiger partial charge in [-0.3, -0.25) is 0 Å². The van der Waals surface area contributed by atoms with Crippen LogP contribution in [0.2, 0.25) is 33.2 Å². The number of para-hydroxylation sites is 2. The van der Waals surface area contributed by atoms with Crippen molar-refractivity contribution in [2.45, 2.75) is 181 Å². The molecule has 0 aliphatic carbocycles. The number of benzene rings is 4. The molecule has 0 amide bonds. The van der Waals surface area contributed by atoms with E-state index in [9.17, 15) is 0 Å². The van der Waals surface area contributed by atoms with Crippen LogP contribution in [0.5, 0.6) is 0 Å². The normalized spacial score (nSPS) is 15.9. The van der Waals surface area contributed by atoms with E-state index in [0.29, 0.717) is 33.2 Å². The van der Waals surface area contributed by atoms with Crippen LogP contribution in [0.4, 0.5) is 23.0 Å². The van der Waals surface area contributed by atoms with Gasteiger partial charge in [-0.1, -0.05) is 126 Å². The van der Waals surface area contributed by atoms with E-state index < -0.39 is 16.5 Å². The van der Waals surface area contributed by atoms with E-state index in [1.165, 1.54) is 36.8 Å². The molecule has 9 heterocycles. The molecule has 0 saturated carbocycles. The largest absolute Gasteiger partial charge is 0.496 e. The number of hydrogen-bond donors (Lipinski definition) is 0. The molecule has 0 radical (unpaired) electrons. The zero-order chi connectivity index (χ0) is 62.6. The summed E-state index contributed by atoms with van der Waals surface area (Å²) in [6.45, 7) is 39.1. The maximum absolute atomic E-state index is 6.23. The molecule has 3 aliphatic rings. The quantitative estimate of drug-likeness (QED) is 0.0866. The van der Waals surface area contributed by atoms with Crippen molar-refractivity contribution in [3.63, 3.8) is 0 Å². The number of hydrogen-bond acceptors (Lipinski definition) is 10. The van der Waals surface area contributed by atoms with Gasteiger partial charge in [0, 0.05) is 73.0 Å². The minimum absolute atomic E-state index is 0.340. The van der Waals surface area contributed by atoms with Gasteiger partial charge in [0.05, 0.1) is 22.2 Å². The van der Waals surface area contributed by atoms with E-state index in [2.05, 4.69) is 294 Å². The standard InChI is InChI=1S/C33H39N5Si.C22H37BN2O2Si.C17H14IN3/c1-22(2)39(23(3)4,24(5)6)38-17-15-27-18-28(20-34-32(27)38)26-13-14-30-29(19-26)33(36-21-35-30)37-16-9-11-25-10-7-8-12-31(25)37;1-15(2)28(16(3)4,17(5)6)25-12-11-18-13-19(14-24-20(18)25)23-26-21(7,8)22(9,10)27-23;18-13-7-8-15-14(10-13)17(20-11-19-15)21-9-3-5-12-4-1-2-6-16(12)21/h7-8,10,12-15,17-24H,9,11,16H2,1-6H3;11-17H,1-10H3;1-2,4,6-8,10-11H,3,5,9H2. The summed E-state index contributed by atoms with van der Waals surface area (Å²) in [4.78, 5) is 33.1. The number of halogens is 1. The maximum Gasteiger partial charge on any atom is 0.496 e. The third-order valence-corrected chi connectivity index (χ3v) is 34.4. The molecule has 4 aromatic carbocycles. The number of aromatic nitrogens is 8. The molecule has 12 nitrogen and oxygen atoms in total. The molecule has 6 aromatic heterocycles. The van der Waals surface area contributed by atoms with Crippen LogP contribution in [0.15, 0.2) is 147 Å². The highest BCUT2D eigenvalue weighted by molar-refractivity contribution is 14.1. The molecule has 16 heteroatoms. The Bertz CT molecular complexity index is 4080. The molecule has 88 heavy (non-hydrogen) atoms. The molecule has 0 bridgehead atoms. The molecule has 0 atom stereocenters. The minimum Gasteiger partial charge on any atom is -0.399 e. The second-order valence-electron chi connectivity index (χ2n) is 27.5. The first-order valence-electron chi connectivity index (χ1n) is 32.2. The molecule has 10 aromatic rings. The lowest BCUT2D eigenvalue weighted by molar-refractivity contribution is 0.00578. The van der Waals surface area contributed by atoms with Crippen molar-refractivity contribution in [3.8, 4) is 11.1 Å². The molecule has 458 valence electrons. The molecule has 1 fully saturated rings. The summed E-state index contributed by atoms with van der Waals surface area (Å²) in [6.07, 6.45) is 16.5. The van der Waals surface area contributed by atoms with Crippen molar-refractivity contribution in [3.05, 3.63) is 161 Å². The number of fused-ring (bicyclic) bond motifs is 6. The average molecular weight is 1320 g/mol. The summed E-state index contributed by atoms with van der Waals surface area (Å²) < 4.78 is 18.8. The van der Waals surface area contributed by atoms with Gasteiger partial charge in [0.15, 0.2) is 16.5 Å². The number of nitrogens with zero attached hydrogens (tertiary/aromatic N) is 10. The fourth-order valence-corrected chi connectivity index (χ4v) is 29.4. The van der Waals surface area contributed by atoms with Crippen molar-refractivity contribution in [2.75, 3.05) is 22.9 Å². The van der Waals surface area contributed by atoms with Gasteiger partial charge in [-0.05, 0) is 205 Å². The first kappa shape index (κ1) is 63.3. The van der Waals surface area contributed by atoms with Gasteiger partial charge in [-0.15, -0.1) is 0 Å². The van der Waals surface area contributed by atoms with Crippen LogP contribution in [-0.4, -0.2) is 86.3 Å². The van der Waals surface area contributed by atoms with Gasteiger partial charge < -0.3 is 27.6 Å². The second-order valence-corrected chi connectivity index (χ2v) is 40.2. The summed E-state index contributed by atoms with van der Waals surface area (Å²) in [5.41, 5.74) is 15.9. The SMILES string of the molecule is CC(C)[Si](C(C)C)(C(C)C)n1ccc2cc(-c3ccc4ncnc(N5CCCc6ccccc65)c4c3)cnc21.CC(C)[Si](C(C)C)(C(C)C)n1ccc2cc(B3OC(C)(C)C(C)(C)O3)cnc21.Ic1ccc2ncnc(N3CCCc4ccccc43)c2c1. The lowest BCUT2D eigenvalue weighted by Crippen LogP contribution is -2.51. The Morgan fingerprint density at radius 3 is 1.41 bits per heavy atom. The Kier molecular flexibility index (Phi) is 18.1. The van der Waals surface area contributed by atoms with Gasteiger partial charge in [0.1, 0.15) is 35.6 Å². The number of aryl methyl sites for hydroxylation is 2. The van der Waals surface area contributed by atoms with Crippen molar-refractivity contribution in [2.24, 2.45) is 0 Å². The highest BCUT2D eigenvalue weighted by Crippen LogP contribution is 2.47. The summed E-state index contributed by atoms with van der Waals surface area (Å²) in [5, 5.41) is 4.59. The third-order valence-electron chi connectivity index (χ3n) is 20.2. The zero-order valence-corrected chi connectivity index (χ0v) is 59.0. The third kappa shape index (κ3) is 11.3. The molecular formula is C72H90BIN10O2Si2. The van der Waals surface area contributed by atoms with Gasteiger partial charge in [0.2, 0.25) is 0 Å². The molecule has 13 rings (SSSR count). The van der Waals surface area contributed by atoms with E-state index in [-0.39, 0.29) is 18.3 Å². The van der Waals surface area contributed by atoms with E-state index in [0.717, 1.165) is 100 Å². The predicted octanol–water partition coefficient (Wildman–Crippen LogP) is 18.4. The molecule has 3 aliphatic heterocycles. The van der Waals surface area contributed by atoms with Gasteiger partial charge in [-0.2, -0.15) is 0 Å². The van der Waals surface area contributed by atoms with Crippen LogP contribution in [-0.2, 0) is 22.2 Å². The second kappa shape index (κ2) is 25.2. The smallest absolute Gasteiger partial charge is 0.399 e. The Morgan fingerprint density at radius 1 is 0.477 bits per heavy atom. The molecule has 0 spiro atoms. The van der Waals surface area contributed by atoms with Gasteiger partial charge >= 0.3 is 7.12 Å². The topological polar surface area (TPSA) is 112 Å². The van der Waals surface area contributed by atoms with Crippen molar-refractivity contribution in [1.29, 1.82) is 0 Å². The average Bonchev–Trinajstić information content (AvgIpc) is 1.74. The van der Waals surface area contributed by atoms with E-state index >= 15 is 0 Å². The van der Waals surface area contributed by atoms with Crippen LogP contribution >= 0.6 is 22.6 Å². The zero-order valence-electron chi connectivity index (χ0n) is 54.8. The van der Waals surface area contributed by atoms with Crippen LogP contribution in [0, 0.1) is 3.57 Å². The van der Waals surface area contributed by atoms with Crippen LogP contribution < -0.4 is 15.3 Å². The highest BCUT2D eigenvalue weighted by atomic mass is 127. The summed E-state index contributed by atoms with van der Waals surface area (Å²) in [6, 6.07) is 39.2. The first-order valence-corrected chi connectivity index (χ1v) is 37.6. The van der Waals surface area contributed by atoms with Crippen LogP contribution in [0.1, 0.15) is 135 Å². The van der Waals surface area contributed by atoms with Crippen molar-refractivity contribution >= 4 is 119 Å². The number of pyridine rings is 2. The maximum atomic E-state index is 6.23. The summed E-state index contributed by atoms with van der Waals surface area (Å²) in [5.74, 6) is 2.00. The Balaban J connectivity index is 0.000000143. The fourth-order valence-electron chi connectivity index (χ4n) is 15.8. The number of rotatable bonds is 12. The fraction of sp³-hybridized carbons (Fsp3) is 0.417. The lowest BCUT2D eigenvalue weighted by atomic mass is 9.80. The Hall–Kier alpha value is -6.31. The van der Waals surface area contributed by atoms with E-state index in [1.54, 1.807) is 12.7 Å². The minimum atomic E-state index is -1.87. The summed E-state index contributed by atoms with van der Waals surface area (Å²) in [7, 11) is -4.06. The monoisotopic (exact) mass is 1320 g/mol. The summed E-state index contributed by atoms with van der Waals surface area (Å²) >= 11 is 2.34.